The monoisotopic (exact) mass is 349 g/mol. The minimum absolute atomic E-state index is 0.370. The summed E-state index contributed by atoms with van der Waals surface area (Å²) in [5.74, 6) is 1.92. The second-order valence-electron chi connectivity index (χ2n) is 5.40. The van der Waals surface area contributed by atoms with Gasteiger partial charge in [-0.05, 0) is 41.8 Å². The quantitative estimate of drug-likeness (QED) is 0.689. The zero-order valence-corrected chi connectivity index (χ0v) is 14.9. The number of methoxy groups -OCH3 is 1. The molecule has 2 rings (SSSR count). The van der Waals surface area contributed by atoms with Crippen LogP contribution in [0.5, 0.6) is 17.2 Å². The van der Waals surface area contributed by atoms with E-state index in [9.17, 15) is 0 Å². The molecule has 0 heterocycles. The first-order valence-electron chi connectivity index (χ1n) is 8.09. The number of hydrogen-bond donors (Lipinski definition) is 1. The van der Waals surface area contributed by atoms with Gasteiger partial charge in [-0.1, -0.05) is 37.1 Å². The summed E-state index contributed by atoms with van der Waals surface area (Å²) in [6.07, 6.45) is 2.22. The van der Waals surface area contributed by atoms with Gasteiger partial charge in [0.05, 0.1) is 12.1 Å². The van der Waals surface area contributed by atoms with Crippen molar-refractivity contribution in [3.05, 3.63) is 52.5 Å². The van der Waals surface area contributed by atoms with Gasteiger partial charge >= 0.3 is 0 Å². The zero-order valence-electron chi connectivity index (χ0n) is 14.2. The molecule has 0 atom stereocenters. The van der Waals surface area contributed by atoms with Crippen LogP contribution in [0.1, 0.15) is 24.5 Å². The van der Waals surface area contributed by atoms with E-state index in [4.69, 9.17) is 31.5 Å². The highest BCUT2D eigenvalue weighted by molar-refractivity contribution is 6.32. The van der Waals surface area contributed by atoms with Gasteiger partial charge < -0.3 is 19.9 Å². The van der Waals surface area contributed by atoms with Crippen molar-refractivity contribution < 1.29 is 14.2 Å². The maximum absolute atomic E-state index is 6.23. The molecule has 0 spiro atoms. The minimum Gasteiger partial charge on any atom is -0.493 e. The molecular formula is C19H24ClNO3. The Morgan fingerprint density at radius 2 is 1.71 bits per heavy atom. The lowest BCUT2D eigenvalue weighted by Crippen LogP contribution is -2.10. The number of hydrogen-bond acceptors (Lipinski definition) is 4. The molecule has 0 aliphatic rings. The Balaban J connectivity index is 1.88. The lowest BCUT2D eigenvalue weighted by molar-refractivity contribution is 0.211. The van der Waals surface area contributed by atoms with Crippen molar-refractivity contribution in [2.45, 2.75) is 26.3 Å². The molecule has 0 saturated heterocycles. The maximum Gasteiger partial charge on any atom is 0.179 e. The largest absolute Gasteiger partial charge is 0.493 e. The molecule has 2 aromatic rings. The van der Waals surface area contributed by atoms with Gasteiger partial charge in [-0.15, -0.1) is 0 Å². The van der Waals surface area contributed by atoms with Crippen LogP contribution in [-0.4, -0.2) is 20.3 Å². The molecule has 0 fully saturated rings. The number of rotatable bonds is 9. The fraction of sp³-hybridized carbons (Fsp3) is 0.368. The normalized spacial score (nSPS) is 10.5. The average Bonchev–Trinajstić information content (AvgIpc) is 2.60. The highest BCUT2D eigenvalue weighted by Gasteiger charge is 2.11. The molecule has 0 radical (unpaired) electrons. The van der Waals surface area contributed by atoms with Crippen molar-refractivity contribution in [1.29, 1.82) is 0 Å². The van der Waals surface area contributed by atoms with E-state index in [0.29, 0.717) is 36.3 Å². The van der Waals surface area contributed by atoms with E-state index in [0.717, 1.165) is 24.2 Å². The molecule has 0 unspecified atom stereocenters. The summed E-state index contributed by atoms with van der Waals surface area (Å²) in [6.45, 7) is 3.36. The van der Waals surface area contributed by atoms with Crippen LogP contribution in [0.3, 0.4) is 0 Å². The smallest absolute Gasteiger partial charge is 0.179 e. The van der Waals surface area contributed by atoms with Gasteiger partial charge in [0.15, 0.2) is 11.5 Å². The maximum atomic E-state index is 6.23. The molecule has 24 heavy (non-hydrogen) atoms. The van der Waals surface area contributed by atoms with Crippen molar-refractivity contribution in [2.75, 3.05) is 20.3 Å². The lowest BCUT2D eigenvalue weighted by Gasteiger charge is -2.14. The molecule has 0 aliphatic carbocycles. The predicted octanol–water partition coefficient (Wildman–Crippen LogP) is 4.22. The van der Waals surface area contributed by atoms with Crippen molar-refractivity contribution in [3.63, 3.8) is 0 Å². The highest BCUT2D eigenvalue weighted by atomic mass is 35.5. The topological polar surface area (TPSA) is 53.7 Å². The fourth-order valence-electron chi connectivity index (χ4n) is 2.38. The van der Waals surface area contributed by atoms with Crippen LogP contribution in [0, 0.1) is 0 Å². The summed E-state index contributed by atoms with van der Waals surface area (Å²) in [5, 5.41) is 0.485. The summed E-state index contributed by atoms with van der Waals surface area (Å²) in [7, 11) is 1.58. The molecule has 0 saturated carbocycles. The summed E-state index contributed by atoms with van der Waals surface area (Å²) in [6, 6.07) is 11.8. The van der Waals surface area contributed by atoms with Gasteiger partial charge in [0.25, 0.3) is 0 Å². The molecule has 130 valence electrons. The first-order valence-corrected chi connectivity index (χ1v) is 8.46. The van der Waals surface area contributed by atoms with Gasteiger partial charge in [0.1, 0.15) is 19.0 Å². The van der Waals surface area contributed by atoms with Crippen LogP contribution in [0.4, 0.5) is 0 Å². The summed E-state index contributed by atoms with van der Waals surface area (Å²) < 4.78 is 16.7. The van der Waals surface area contributed by atoms with E-state index in [-0.39, 0.29) is 0 Å². The molecule has 4 nitrogen and oxygen atoms in total. The van der Waals surface area contributed by atoms with E-state index in [2.05, 4.69) is 19.1 Å². The Kier molecular flexibility index (Phi) is 7.22. The predicted molar refractivity (Wildman–Crippen MR) is 97.3 cm³/mol. The van der Waals surface area contributed by atoms with E-state index < -0.39 is 0 Å². The van der Waals surface area contributed by atoms with Crippen LogP contribution in [0.25, 0.3) is 0 Å². The number of nitrogens with two attached hydrogens (primary N) is 1. The molecule has 0 aliphatic heterocycles. The molecule has 2 N–H and O–H groups in total. The minimum atomic E-state index is 0.370. The summed E-state index contributed by atoms with van der Waals surface area (Å²) in [4.78, 5) is 0. The van der Waals surface area contributed by atoms with Crippen molar-refractivity contribution in [1.82, 2.24) is 0 Å². The number of halogens is 1. The standard InChI is InChI=1S/C19H24ClNO3/c1-3-4-14-5-7-16(8-6-14)23-9-10-24-19-17(20)11-15(13-21)12-18(19)22-2/h5-8,11-12H,3-4,9-10,13,21H2,1-2H3. The van der Waals surface area contributed by atoms with Crippen LogP contribution in [0.15, 0.2) is 36.4 Å². The first kappa shape index (κ1) is 18.4. The fourth-order valence-corrected chi connectivity index (χ4v) is 2.66. The lowest BCUT2D eigenvalue weighted by atomic mass is 10.1. The first-order chi connectivity index (χ1) is 11.7. The zero-order chi connectivity index (χ0) is 17.4. The Morgan fingerprint density at radius 3 is 2.33 bits per heavy atom. The third-order valence-electron chi connectivity index (χ3n) is 3.59. The summed E-state index contributed by atoms with van der Waals surface area (Å²) in [5.41, 5.74) is 7.85. The molecule has 0 amide bonds. The molecular weight excluding hydrogens is 326 g/mol. The van der Waals surface area contributed by atoms with Crippen LogP contribution in [0.2, 0.25) is 5.02 Å². The van der Waals surface area contributed by atoms with Gasteiger partial charge in [0.2, 0.25) is 0 Å². The SMILES string of the molecule is CCCc1ccc(OCCOc2c(Cl)cc(CN)cc2OC)cc1. The molecule has 0 aromatic heterocycles. The van der Waals surface area contributed by atoms with E-state index in [1.807, 2.05) is 18.2 Å². The number of ether oxygens (including phenoxy) is 3. The Labute approximate surface area is 148 Å². The Bertz CT molecular complexity index is 644. The molecule has 2 aromatic carbocycles. The average molecular weight is 350 g/mol. The van der Waals surface area contributed by atoms with Gasteiger partial charge in [-0.2, -0.15) is 0 Å². The molecule has 5 heteroatoms. The van der Waals surface area contributed by atoms with E-state index >= 15 is 0 Å². The Hall–Kier alpha value is -1.91. The van der Waals surface area contributed by atoms with Crippen LogP contribution >= 0.6 is 11.6 Å². The van der Waals surface area contributed by atoms with Crippen LogP contribution < -0.4 is 19.9 Å². The van der Waals surface area contributed by atoms with E-state index in [1.54, 1.807) is 13.2 Å². The van der Waals surface area contributed by atoms with Crippen LogP contribution in [-0.2, 0) is 13.0 Å². The number of benzene rings is 2. The van der Waals surface area contributed by atoms with E-state index in [1.165, 1.54) is 5.56 Å². The van der Waals surface area contributed by atoms with Crippen molar-refractivity contribution in [2.24, 2.45) is 5.73 Å². The third-order valence-corrected chi connectivity index (χ3v) is 3.87. The molecule has 0 bridgehead atoms. The van der Waals surface area contributed by atoms with Crippen molar-refractivity contribution in [3.8, 4) is 17.2 Å². The number of aryl methyl sites for hydroxylation is 1. The summed E-state index contributed by atoms with van der Waals surface area (Å²) >= 11 is 6.23. The van der Waals surface area contributed by atoms with Gasteiger partial charge in [-0.25, -0.2) is 0 Å². The second-order valence-corrected chi connectivity index (χ2v) is 5.81. The second kappa shape index (κ2) is 9.40. The Morgan fingerprint density at radius 1 is 1.00 bits per heavy atom. The van der Waals surface area contributed by atoms with Gasteiger partial charge in [-0.3, -0.25) is 0 Å². The van der Waals surface area contributed by atoms with Gasteiger partial charge in [0, 0.05) is 6.54 Å². The third kappa shape index (κ3) is 5.05. The van der Waals surface area contributed by atoms with Crippen molar-refractivity contribution >= 4 is 11.6 Å². The highest BCUT2D eigenvalue weighted by Crippen LogP contribution is 2.36.